The quantitative estimate of drug-likeness (QED) is 0.854. The van der Waals surface area contributed by atoms with Gasteiger partial charge >= 0.3 is 0 Å². The molecule has 0 bridgehead atoms. The molecular formula is C12H14BrNO3. The highest BCUT2D eigenvalue weighted by Gasteiger charge is 2.13. The fourth-order valence-electron chi connectivity index (χ4n) is 1.48. The van der Waals surface area contributed by atoms with E-state index in [1.54, 1.807) is 19.1 Å². The van der Waals surface area contributed by atoms with Crippen molar-refractivity contribution < 1.29 is 14.3 Å². The fourth-order valence-corrected chi connectivity index (χ4v) is 1.60. The molecule has 2 rings (SSSR count). The minimum atomic E-state index is -0.224. The normalized spacial score (nSPS) is 15.9. The summed E-state index contributed by atoms with van der Waals surface area (Å²) < 4.78 is 11.1. The van der Waals surface area contributed by atoms with Crippen molar-refractivity contribution in [1.82, 2.24) is 0 Å². The Morgan fingerprint density at radius 2 is 2.06 bits per heavy atom. The molecule has 1 aromatic carbocycles. The fraction of sp³-hybridized carbons (Fsp3) is 0.417. The largest absolute Gasteiger partial charge is 0.490 e. The molecule has 1 aliphatic rings. The molecule has 0 spiro atoms. The van der Waals surface area contributed by atoms with E-state index >= 15 is 0 Å². The van der Waals surface area contributed by atoms with E-state index in [4.69, 9.17) is 9.47 Å². The smallest absolute Gasteiger partial charge is 0.237 e. The molecule has 0 radical (unpaired) electrons. The zero-order valence-electron chi connectivity index (χ0n) is 9.53. The van der Waals surface area contributed by atoms with Gasteiger partial charge in [0.05, 0.1) is 18.0 Å². The van der Waals surface area contributed by atoms with Crippen LogP contribution in [0.4, 0.5) is 5.69 Å². The van der Waals surface area contributed by atoms with Crippen molar-refractivity contribution in [3.05, 3.63) is 18.2 Å². The summed E-state index contributed by atoms with van der Waals surface area (Å²) >= 11 is 3.22. The molecule has 0 saturated carbocycles. The van der Waals surface area contributed by atoms with Gasteiger partial charge in [-0.3, -0.25) is 4.79 Å². The number of halogens is 1. The zero-order chi connectivity index (χ0) is 12.3. The van der Waals surface area contributed by atoms with Gasteiger partial charge in [-0.25, -0.2) is 0 Å². The lowest BCUT2D eigenvalue weighted by molar-refractivity contribution is -0.115. The van der Waals surface area contributed by atoms with Crippen LogP contribution in [0.25, 0.3) is 0 Å². The Kier molecular flexibility index (Phi) is 3.89. The molecule has 0 fully saturated rings. The number of ether oxygens (including phenoxy) is 2. The van der Waals surface area contributed by atoms with Crippen molar-refractivity contribution >= 4 is 27.5 Å². The summed E-state index contributed by atoms with van der Waals surface area (Å²) in [4.78, 5) is 11.3. The van der Waals surface area contributed by atoms with Gasteiger partial charge in [-0.05, 0) is 19.1 Å². The van der Waals surface area contributed by atoms with Gasteiger partial charge < -0.3 is 14.8 Å². The number of carbonyl (C=O) groups excluding carboxylic acids is 1. The van der Waals surface area contributed by atoms with E-state index < -0.39 is 0 Å². The number of benzene rings is 1. The van der Waals surface area contributed by atoms with Gasteiger partial charge in [0, 0.05) is 18.2 Å². The van der Waals surface area contributed by atoms with Crippen LogP contribution in [0.3, 0.4) is 0 Å². The lowest BCUT2D eigenvalue weighted by Gasteiger charge is -2.11. The van der Waals surface area contributed by atoms with Crippen molar-refractivity contribution in [2.45, 2.75) is 18.2 Å². The molecule has 92 valence electrons. The molecule has 17 heavy (non-hydrogen) atoms. The summed E-state index contributed by atoms with van der Waals surface area (Å²) in [6, 6.07) is 5.41. The molecule has 5 heteroatoms. The third kappa shape index (κ3) is 3.12. The first-order valence-electron chi connectivity index (χ1n) is 5.51. The van der Waals surface area contributed by atoms with Crippen LogP contribution in [0.1, 0.15) is 13.3 Å². The minimum absolute atomic E-state index is 0.0838. The Hall–Kier alpha value is -1.23. The SMILES string of the molecule is CC(Br)C(=O)Nc1ccc2c(c1)OCCCO2. The predicted molar refractivity (Wildman–Crippen MR) is 69.1 cm³/mol. The highest BCUT2D eigenvalue weighted by molar-refractivity contribution is 9.10. The first-order chi connectivity index (χ1) is 8.16. The number of hydrogen-bond acceptors (Lipinski definition) is 3. The highest BCUT2D eigenvalue weighted by atomic mass is 79.9. The van der Waals surface area contributed by atoms with Crippen molar-refractivity contribution in [2.24, 2.45) is 0 Å². The van der Waals surface area contributed by atoms with Crippen LogP contribution in [0.2, 0.25) is 0 Å². The van der Waals surface area contributed by atoms with Crippen molar-refractivity contribution in [3.8, 4) is 11.5 Å². The van der Waals surface area contributed by atoms with Gasteiger partial charge in [-0.15, -0.1) is 0 Å². The summed E-state index contributed by atoms with van der Waals surface area (Å²) in [7, 11) is 0. The standard InChI is InChI=1S/C12H14BrNO3/c1-8(13)12(15)14-9-3-4-10-11(7-9)17-6-2-5-16-10/h3-4,7-8H,2,5-6H2,1H3,(H,14,15). The van der Waals surface area contributed by atoms with Crippen LogP contribution in [-0.4, -0.2) is 23.9 Å². The lowest BCUT2D eigenvalue weighted by Crippen LogP contribution is -2.19. The van der Waals surface area contributed by atoms with E-state index in [1.165, 1.54) is 0 Å². The van der Waals surface area contributed by atoms with Gasteiger partial charge in [0.1, 0.15) is 0 Å². The molecule has 0 aliphatic carbocycles. The van der Waals surface area contributed by atoms with E-state index in [2.05, 4.69) is 21.2 Å². The molecule has 1 aromatic rings. The zero-order valence-corrected chi connectivity index (χ0v) is 11.1. The topological polar surface area (TPSA) is 47.6 Å². The second kappa shape index (κ2) is 5.40. The summed E-state index contributed by atoms with van der Waals surface area (Å²) in [5.41, 5.74) is 0.713. The third-order valence-corrected chi connectivity index (χ3v) is 2.79. The van der Waals surface area contributed by atoms with Crippen LogP contribution in [-0.2, 0) is 4.79 Å². The first-order valence-corrected chi connectivity index (χ1v) is 6.43. The van der Waals surface area contributed by atoms with E-state index in [0.29, 0.717) is 24.7 Å². The lowest BCUT2D eigenvalue weighted by atomic mass is 10.2. The summed E-state index contributed by atoms with van der Waals surface area (Å²) in [5.74, 6) is 1.33. The number of carbonyl (C=O) groups is 1. The molecule has 1 N–H and O–H groups in total. The molecule has 0 aromatic heterocycles. The maximum atomic E-state index is 11.5. The number of rotatable bonds is 2. The van der Waals surface area contributed by atoms with E-state index in [-0.39, 0.29) is 10.7 Å². The highest BCUT2D eigenvalue weighted by Crippen LogP contribution is 2.32. The Morgan fingerprint density at radius 3 is 2.76 bits per heavy atom. The number of hydrogen-bond donors (Lipinski definition) is 1. The Balaban J connectivity index is 2.15. The molecule has 1 atom stereocenters. The van der Waals surface area contributed by atoms with E-state index in [1.807, 2.05) is 6.07 Å². The summed E-state index contributed by atoms with van der Waals surface area (Å²) in [6.07, 6.45) is 0.870. The summed E-state index contributed by atoms with van der Waals surface area (Å²) in [6.45, 7) is 3.08. The number of alkyl halides is 1. The second-order valence-corrected chi connectivity index (χ2v) is 5.19. The van der Waals surface area contributed by atoms with Crippen molar-refractivity contribution in [3.63, 3.8) is 0 Å². The molecule has 4 nitrogen and oxygen atoms in total. The van der Waals surface area contributed by atoms with Gasteiger partial charge in [-0.2, -0.15) is 0 Å². The molecular weight excluding hydrogens is 286 g/mol. The van der Waals surface area contributed by atoms with Crippen LogP contribution < -0.4 is 14.8 Å². The predicted octanol–water partition coefficient (Wildman–Crippen LogP) is 2.57. The molecule has 1 unspecified atom stereocenters. The van der Waals surface area contributed by atoms with Crippen LogP contribution in [0.15, 0.2) is 18.2 Å². The molecule has 0 saturated heterocycles. The van der Waals surface area contributed by atoms with Gasteiger partial charge in [-0.1, -0.05) is 15.9 Å². The minimum Gasteiger partial charge on any atom is -0.490 e. The third-order valence-electron chi connectivity index (χ3n) is 2.38. The maximum absolute atomic E-state index is 11.5. The molecule has 1 aliphatic heterocycles. The van der Waals surface area contributed by atoms with Crippen LogP contribution in [0.5, 0.6) is 11.5 Å². The maximum Gasteiger partial charge on any atom is 0.237 e. The first kappa shape index (κ1) is 12.2. The van der Waals surface area contributed by atoms with Crippen LogP contribution >= 0.6 is 15.9 Å². The molecule has 1 amide bonds. The number of amides is 1. The molecule has 1 heterocycles. The average Bonchev–Trinajstić information content (AvgIpc) is 2.53. The number of anilines is 1. The Labute approximate surface area is 108 Å². The van der Waals surface area contributed by atoms with Crippen molar-refractivity contribution in [1.29, 1.82) is 0 Å². The number of fused-ring (bicyclic) bond motifs is 1. The van der Waals surface area contributed by atoms with Gasteiger partial charge in [0.25, 0.3) is 0 Å². The Bertz CT molecular complexity index is 420. The van der Waals surface area contributed by atoms with E-state index in [9.17, 15) is 4.79 Å². The Morgan fingerprint density at radius 1 is 1.35 bits per heavy atom. The van der Waals surface area contributed by atoms with Gasteiger partial charge in [0.2, 0.25) is 5.91 Å². The second-order valence-electron chi connectivity index (χ2n) is 3.82. The van der Waals surface area contributed by atoms with Gasteiger partial charge in [0.15, 0.2) is 11.5 Å². The average molecular weight is 300 g/mol. The van der Waals surface area contributed by atoms with Crippen LogP contribution in [0, 0.1) is 0 Å². The number of nitrogens with one attached hydrogen (secondary N) is 1. The van der Waals surface area contributed by atoms with E-state index in [0.717, 1.165) is 12.2 Å². The summed E-state index contributed by atoms with van der Waals surface area (Å²) in [5, 5.41) is 2.79. The van der Waals surface area contributed by atoms with Crippen molar-refractivity contribution in [2.75, 3.05) is 18.5 Å². The monoisotopic (exact) mass is 299 g/mol.